The summed E-state index contributed by atoms with van der Waals surface area (Å²) in [6, 6.07) is 0. The Balaban J connectivity index is 3.19. The normalized spacial score (nSPS) is 12.3. The van der Waals surface area contributed by atoms with Gasteiger partial charge in [-0.05, 0) is 27.2 Å². The maximum absolute atomic E-state index is 11.4. The fraction of sp³-hybridized carbons (Fsp3) is 0.944. The Morgan fingerprint density at radius 2 is 1.31 bits per heavy atom. The lowest BCUT2D eigenvalue weighted by Gasteiger charge is -2.11. The summed E-state index contributed by atoms with van der Waals surface area (Å²) in [5.41, 5.74) is 0. The summed E-state index contributed by atoms with van der Waals surface area (Å²) in [5.74, 6) is 0. The molecule has 8 heteroatoms. The van der Waals surface area contributed by atoms with Gasteiger partial charge in [-0.1, -0.05) is 6.92 Å². The van der Waals surface area contributed by atoms with Crippen LogP contribution in [0.5, 0.6) is 0 Å². The Morgan fingerprint density at radius 1 is 0.769 bits per heavy atom. The Morgan fingerprint density at radius 3 is 1.92 bits per heavy atom. The van der Waals surface area contributed by atoms with E-state index < -0.39 is 6.09 Å². The average Bonchev–Trinajstić information content (AvgIpc) is 2.61. The SMILES string of the molecule is CCC(C)OCCOCCOCCOC(=O)NCCOCCOC(C)C. The first kappa shape index (κ1) is 25.1. The molecule has 0 bridgehead atoms. The minimum Gasteiger partial charge on any atom is -0.447 e. The largest absolute Gasteiger partial charge is 0.447 e. The third-order valence-corrected chi connectivity index (χ3v) is 3.23. The molecule has 0 saturated heterocycles. The maximum Gasteiger partial charge on any atom is 0.407 e. The lowest BCUT2D eigenvalue weighted by molar-refractivity contribution is -0.0115. The highest BCUT2D eigenvalue weighted by Gasteiger charge is 2.01. The number of carbonyl (C=O) groups is 1. The first-order valence-electron chi connectivity index (χ1n) is 9.43. The fourth-order valence-electron chi connectivity index (χ4n) is 1.66. The molecule has 0 radical (unpaired) electrons. The van der Waals surface area contributed by atoms with E-state index in [4.69, 9.17) is 28.4 Å². The topological polar surface area (TPSA) is 84.5 Å². The molecule has 1 amide bonds. The van der Waals surface area contributed by atoms with Crippen molar-refractivity contribution in [2.75, 3.05) is 66.0 Å². The van der Waals surface area contributed by atoms with Gasteiger partial charge in [0.05, 0.1) is 65.1 Å². The summed E-state index contributed by atoms with van der Waals surface area (Å²) in [7, 11) is 0. The van der Waals surface area contributed by atoms with Crippen LogP contribution in [0, 0.1) is 0 Å². The second-order valence-electron chi connectivity index (χ2n) is 5.91. The van der Waals surface area contributed by atoms with Crippen molar-refractivity contribution in [1.29, 1.82) is 0 Å². The first-order valence-corrected chi connectivity index (χ1v) is 9.43. The Labute approximate surface area is 157 Å². The van der Waals surface area contributed by atoms with Gasteiger partial charge in [-0.15, -0.1) is 0 Å². The third kappa shape index (κ3) is 19.4. The van der Waals surface area contributed by atoms with Crippen LogP contribution in [-0.4, -0.2) is 84.3 Å². The molecular weight excluding hydrogens is 342 g/mol. The van der Waals surface area contributed by atoms with Crippen molar-refractivity contribution in [1.82, 2.24) is 5.32 Å². The van der Waals surface area contributed by atoms with Gasteiger partial charge in [-0.2, -0.15) is 0 Å². The minimum absolute atomic E-state index is 0.198. The van der Waals surface area contributed by atoms with Gasteiger partial charge >= 0.3 is 6.09 Å². The number of amides is 1. The molecule has 0 aromatic heterocycles. The number of alkyl carbamates (subject to hydrolysis) is 1. The molecule has 0 aromatic rings. The quantitative estimate of drug-likeness (QED) is 0.365. The molecule has 0 aliphatic carbocycles. The molecule has 0 rings (SSSR count). The van der Waals surface area contributed by atoms with Crippen molar-refractivity contribution in [3.63, 3.8) is 0 Å². The van der Waals surface area contributed by atoms with E-state index in [2.05, 4.69) is 12.2 Å². The summed E-state index contributed by atoms with van der Waals surface area (Å²) < 4.78 is 31.8. The zero-order valence-electron chi connectivity index (χ0n) is 16.8. The van der Waals surface area contributed by atoms with E-state index in [0.717, 1.165) is 6.42 Å². The van der Waals surface area contributed by atoms with Gasteiger partial charge in [-0.25, -0.2) is 4.79 Å². The molecule has 1 atom stereocenters. The molecule has 0 fully saturated rings. The standard InChI is InChI=1S/C18H37NO7/c1-5-17(4)25-14-11-22-8-9-23-12-15-26-18(20)19-6-7-21-10-13-24-16(2)3/h16-17H,5-15H2,1-4H3,(H,19,20). The lowest BCUT2D eigenvalue weighted by atomic mass is 10.3. The van der Waals surface area contributed by atoms with Crippen molar-refractivity contribution >= 4 is 6.09 Å². The van der Waals surface area contributed by atoms with Crippen LogP contribution in [0.4, 0.5) is 4.79 Å². The summed E-state index contributed by atoms with van der Waals surface area (Å²) in [4.78, 5) is 11.4. The fourth-order valence-corrected chi connectivity index (χ4v) is 1.66. The van der Waals surface area contributed by atoms with Crippen LogP contribution < -0.4 is 5.32 Å². The van der Waals surface area contributed by atoms with Gasteiger partial charge in [0, 0.05) is 6.54 Å². The highest BCUT2D eigenvalue weighted by atomic mass is 16.6. The van der Waals surface area contributed by atoms with Crippen LogP contribution in [0.15, 0.2) is 0 Å². The minimum atomic E-state index is -0.478. The van der Waals surface area contributed by atoms with E-state index >= 15 is 0 Å². The van der Waals surface area contributed by atoms with Crippen molar-refractivity contribution < 1.29 is 33.2 Å². The van der Waals surface area contributed by atoms with E-state index in [1.165, 1.54) is 0 Å². The van der Waals surface area contributed by atoms with Gasteiger partial charge in [-0.3, -0.25) is 0 Å². The second kappa shape index (κ2) is 18.8. The van der Waals surface area contributed by atoms with Crippen LogP contribution in [0.1, 0.15) is 34.1 Å². The van der Waals surface area contributed by atoms with E-state index in [9.17, 15) is 4.79 Å². The van der Waals surface area contributed by atoms with Gasteiger partial charge < -0.3 is 33.7 Å². The van der Waals surface area contributed by atoms with Crippen LogP contribution in [0.3, 0.4) is 0 Å². The zero-order valence-corrected chi connectivity index (χ0v) is 16.8. The molecule has 156 valence electrons. The molecule has 1 unspecified atom stereocenters. The zero-order chi connectivity index (χ0) is 19.5. The Kier molecular flexibility index (Phi) is 18.2. The predicted octanol–water partition coefficient (Wildman–Crippen LogP) is 2.00. The van der Waals surface area contributed by atoms with Crippen LogP contribution in [0.2, 0.25) is 0 Å². The number of carbonyl (C=O) groups excluding carboxylic acids is 1. The molecule has 0 aromatic carbocycles. The van der Waals surface area contributed by atoms with Crippen molar-refractivity contribution in [3.8, 4) is 0 Å². The maximum atomic E-state index is 11.4. The smallest absolute Gasteiger partial charge is 0.407 e. The molecule has 0 spiro atoms. The van der Waals surface area contributed by atoms with E-state index in [1.54, 1.807) is 0 Å². The molecule has 26 heavy (non-hydrogen) atoms. The van der Waals surface area contributed by atoms with Gasteiger partial charge in [0.1, 0.15) is 6.61 Å². The van der Waals surface area contributed by atoms with Crippen molar-refractivity contribution in [2.45, 2.75) is 46.3 Å². The van der Waals surface area contributed by atoms with Crippen LogP contribution in [-0.2, 0) is 28.4 Å². The molecule has 1 N–H and O–H groups in total. The Bertz CT molecular complexity index is 316. The highest BCUT2D eigenvalue weighted by Crippen LogP contribution is 1.94. The Hall–Kier alpha value is -0.930. The first-order chi connectivity index (χ1) is 12.6. The highest BCUT2D eigenvalue weighted by molar-refractivity contribution is 5.66. The van der Waals surface area contributed by atoms with Gasteiger partial charge in [0.15, 0.2) is 0 Å². The van der Waals surface area contributed by atoms with Gasteiger partial charge in [0.25, 0.3) is 0 Å². The van der Waals surface area contributed by atoms with E-state index in [1.807, 2.05) is 20.8 Å². The number of hydrogen-bond acceptors (Lipinski definition) is 7. The summed E-state index contributed by atoms with van der Waals surface area (Å²) >= 11 is 0. The second-order valence-corrected chi connectivity index (χ2v) is 5.91. The van der Waals surface area contributed by atoms with Crippen molar-refractivity contribution in [3.05, 3.63) is 0 Å². The van der Waals surface area contributed by atoms with E-state index in [0.29, 0.717) is 59.4 Å². The third-order valence-electron chi connectivity index (χ3n) is 3.23. The molecule has 8 nitrogen and oxygen atoms in total. The van der Waals surface area contributed by atoms with Crippen LogP contribution in [0.25, 0.3) is 0 Å². The number of hydrogen-bond donors (Lipinski definition) is 1. The average molecular weight is 379 g/mol. The van der Waals surface area contributed by atoms with Crippen LogP contribution >= 0.6 is 0 Å². The van der Waals surface area contributed by atoms with Crippen molar-refractivity contribution in [2.24, 2.45) is 0 Å². The molecule has 0 aliphatic rings. The lowest BCUT2D eigenvalue weighted by Crippen LogP contribution is -2.29. The summed E-state index contributed by atoms with van der Waals surface area (Å²) in [6.45, 7) is 12.6. The number of ether oxygens (including phenoxy) is 6. The van der Waals surface area contributed by atoms with Gasteiger partial charge in [0.2, 0.25) is 0 Å². The number of nitrogens with one attached hydrogen (secondary N) is 1. The molecule has 0 saturated carbocycles. The number of rotatable bonds is 18. The van der Waals surface area contributed by atoms with E-state index in [-0.39, 0.29) is 18.8 Å². The summed E-state index contributed by atoms with van der Waals surface area (Å²) in [5, 5.41) is 2.60. The molecular formula is C18H37NO7. The molecule has 0 aliphatic heterocycles. The molecule has 0 heterocycles. The summed E-state index contributed by atoms with van der Waals surface area (Å²) in [6.07, 6.45) is 0.985. The monoisotopic (exact) mass is 379 g/mol. The predicted molar refractivity (Wildman–Crippen MR) is 98.6 cm³/mol.